The summed E-state index contributed by atoms with van der Waals surface area (Å²) in [6.07, 6.45) is 0. The van der Waals surface area contributed by atoms with Crippen LogP contribution in [-0.2, 0) is 4.79 Å². The molecule has 0 unspecified atom stereocenters. The van der Waals surface area contributed by atoms with Gasteiger partial charge in [-0.2, -0.15) is 10.3 Å². The molecule has 0 heterocycles. The van der Waals surface area contributed by atoms with Crippen molar-refractivity contribution in [1.82, 2.24) is 0 Å². The number of nitrogens with two attached hydrogens (primary N) is 1. The maximum Gasteiger partial charge on any atom is 0.222 e. The van der Waals surface area contributed by atoms with Gasteiger partial charge < -0.3 is 15.8 Å². The van der Waals surface area contributed by atoms with E-state index in [1.807, 2.05) is 32.0 Å². The predicted molar refractivity (Wildman–Crippen MR) is 107 cm³/mol. The van der Waals surface area contributed by atoms with Gasteiger partial charge in [0.1, 0.15) is 5.75 Å². The number of anilines is 1. The molecule has 138 valence electrons. The largest absolute Gasteiger partial charge is 0.497 e. The van der Waals surface area contributed by atoms with E-state index in [0.29, 0.717) is 16.9 Å². The van der Waals surface area contributed by atoms with Crippen LogP contribution in [0.3, 0.4) is 0 Å². The van der Waals surface area contributed by atoms with Crippen molar-refractivity contribution in [2.24, 2.45) is 15.7 Å². The average molecular weight is 363 g/mol. The number of rotatable bonds is 4. The number of carbonyl (C=O) groups is 1. The molecule has 0 spiro atoms. The van der Waals surface area contributed by atoms with Crippen molar-refractivity contribution < 1.29 is 9.53 Å². The zero-order chi connectivity index (χ0) is 20.0. The van der Waals surface area contributed by atoms with Crippen LogP contribution in [0.1, 0.15) is 23.6 Å². The van der Waals surface area contributed by atoms with Gasteiger partial charge >= 0.3 is 0 Å². The van der Waals surface area contributed by atoms with Crippen LogP contribution < -0.4 is 15.8 Å². The van der Waals surface area contributed by atoms with Crippen molar-refractivity contribution in [3.05, 3.63) is 53.1 Å². The number of benzene rings is 2. The number of aryl methyl sites for hydroxylation is 2. The van der Waals surface area contributed by atoms with Gasteiger partial charge in [0.15, 0.2) is 11.6 Å². The molecular weight excluding hydrogens is 342 g/mol. The number of nitrogens with one attached hydrogen (secondary N) is 1. The number of ketones is 1. The second kappa shape index (κ2) is 8.63. The van der Waals surface area contributed by atoms with E-state index in [4.69, 9.17) is 15.7 Å². The summed E-state index contributed by atoms with van der Waals surface area (Å²) >= 11 is 0. The maximum absolute atomic E-state index is 11.9. The topological polar surface area (TPSA) is 113 Å². The highest BCUT2D eigenvalue weighted by Gasteiger charge is 2.09. The molecule has 0 amide bonds. The number of carbonyl (C=O) groups excluding carboxylic acids is 1. The van der Waals surface area contributed by atoms with Gasteiger partial charge in [0.05, 0.1) is 24.4 Å². The number of nitriles is 1. The molecule has 0 aliphatic heterocycles. The Balaban J connectivity index is 2.32. The van der Waals surface area contributed by atoms with Crippen LogP contribution in [0.2, 0.25) is 0 Å². The fourth-order valence-electron chi connectivity index (χ4n) is 2.42. The van der Waals surface area contributed by atoms with E-state index in [1.165, 1.54) is 6.92 Å². The summed E-state index contributed by atoms with van der Waals surface area (Å²) in [5.41, 5.74) is 9.53. The van der Waals surface area contributed by atoms with Crippen LogP contribution in [-0.4, -0.2) is 24.7 Å². The Labute approximate surface area is 158 Å². The van der Waals surface area contributed by atoms with Gasteiger partial charge in [0.25, 0.3) is 0 Å². The van der Waals surface area contributed by atoms with E-state index in [0.717, 1.165) is 16.9 Å². The lowest BCUT2D eigenvalue weighted by Crippen LogP contribution is -2.24. The molecule has 7 heteroatoms. The maximum atomic E-state index is 11.9. The average Bonchev–Trinajstić information content (AvgIpc) is 2.64. The fraction of sp³-hybridized carbons (Fsp3) is 0.200. The minimum atomic E-state index is -0.291. The van der Waals surface area contributed by atoms with Crippen molar-refractivity contribution in [2.75, 3.05) is 12.4 Å². The van der Waals surface area contributed by atoms with Gasteiger partial charge in [-0.05, 0) is 61.4 Å². The zero-order valence-corrected chi connectivity index (χ0v) is 15.7. The first-order chi connectivity index (χ1) is 12.8. The first-order valence-corrected chi connectivity index (χ1v) is 8.20. The van der Waals surface area contributed by atoms with Crippen molar-refractivity contribution in [3.8, 4) is 11.8 Å². The van der Waals surface area contributed by atoms with Crippen molar-refractivity contribution in [1.29, 1.82) is 5.26 Å². The third kappa shape index (κ3) is 5.16. The van der Waals surface area contributed by atoms with Crippen molar-refractivity contribution >= 4 is 29.0 Å². The lowest BCUT2D eigenvalue weighted by molar-refractivity contribution is -0.111. The lowest BCUT2D eigenvalue weighted by Gasteiger charge is -2.09. The quantitative estimate of drug-likeness (QED) is 0.639. The Hall–Kier alpha value is -3.66. The van der Waals surface area contributed by atoms with Gasteiger partial charge in [0.2, 0.25) is 5.96 Å². The Bertz CT molecular complexity index is 930. The Morgan fingerprint density at radius 3 is 2.26 bits per heavy atom. The third-order valence-electron chi connectivity index (χ3n) is 3.76. The molecule has 27 heavy (non-hydrogen) atoms. The Morgan fingerprint density at radius 2 is 1.78 bits per heavy atom. The van der Waals surface area contributed by atoms with Crippen molar-refractivity contribution in [2.45, 2.75) is 20.8 Å². The summed E-state index contributed by atoms with van der Waals surface area (Å²) in [4.78, 5) is 20.4. The van der Waals surface area contributed by atoms with Crippen LogP contribution >= 0.6 is 0 Å². The first kappa shape index (κ1) is 19.7. The van der Waals surface area contributed by atoms with Crippen LogP contribution in [0.4, 0.5) is 11.4 Å². The predicted octanol–water partition coefficient (Wildman–Crippen LogP) is 3.23. The molecule has 0 aromatic heterocycles. The van der Waals surface area contributed by atoms with E-state index in [2.05, 4.69) is 15.3 Å². The lowest BCUT2D eigenvalue weighted by atomic mass is 10.1. The van der Waals surface area contributed by atoms with E-state index in [-0.39, 0.29) is 17.6 Å². The molecular formula is C20H21N5O2. The number of ether oxygens (including phenoxy) is 1. The van der Waals surface area contributed by atoms with E-state index >= 15 is 0 Å². The molecule has 0 atom stereocenters. The van der Waals surface area contributed by atoms with Crippen LogP contribution in [0.5, 0.6) is 5.75 Å². The standard InChI is InChI=1S/C20H21N5O2/c1-12-9-17(27-4)10-13(2)18(12)24-20(22)25-19(14(3)26)23-16-7-5-15(11-21)6-8-16/h5-10H,1-4H3,(H3,22,23,24,25). The molecule has 3 N–H and O–H groups in total. The highest BCUT2D eigenvalue weighted by atomic mass is 16.5. The molecule has 0 aliphatic rings. The van der Waals surface area contributed by atoms with Crippen molar-refractivity contribution in [3.63, 3.8) is 0 Å². The molecule has 0 fully saturated rings. The number of amidine groups is 1. The number of hydrogen-bond acceptors (Lipinski definition) is 4. The summed E-state index contributed by atoms with van der Waals surface area (Å²) in [7, 11) is 1.60. The molecule has 0 saturated heterocycles. The minimum Gasteiger partial charge on any atom is -0.497 e. The molecule has 0 saturated carbocycles. The number of Topliss-reactive ketones (excluding diaryl/α,β-unsaturated/α-hetero) is 1. The second-order valence-electron chi connectivity index (χ2n) is 5.91. The molecule has 2 rings (SSSR count). The normalized spacial score (nSPS) is 11.7. The number of methoxy groups -OCH3 is 1. The van der Waals surface area contributed by atoms with Gasteiger partial charge in [-0.1, -0.05) is 0 Å². The van der Waals surface area contributed by atoms with Crippen LogP contribution in [0.15, 0.2) is 46.4 Å². The fourth-order valence-corrected chi connectivity index (χ4v) is 2.42. The van der Waals surface area contributed by atoms with E-state index in [9.17, 15) is 4.79 Å². The SMILES string of the molecule is COc1cc(C)c(N=C(N)/N=C(/Nc2ccc(C#N)cc2)C(C)=O)c(C)c1. The zero-order valence-electron chi connectivity index (χ0n) is 15.7. The highest BCUT2D eigenvalue weighted by Crippen LogP contribution is 2.28. The number of guanidine groups is 1. The summed E-state index contributed by atoms with van der Waals surface area (Å²) in [6.45, 7) is 5.17. The summed E-state index contributed by atoms with van der Waals surface area (Å²) in [6, 6.07) is 12.4. The molecule has 7 nitrogen and oxygen atoms in total. The minimum absolute atomic E-state index is 0.0438. The van der Waals surface area contributed by atoms with Gasteiger partial charge in [0, 0.05) is 12.6 Å². The summed E-state index contributed by atoms with van der Waals surface area (Å²) in [5, 5.41) is 11.8. The Kier molecular flexibility index (Phi) is 6.28. The Morgan fingerprint density at radius 1 is 1.19 bits per heavy atom. The second-order valence-corrected chi connectivity index (χ2v) is 5.91. The van der Waals surface area contributed by atoms with Crippen LogP contribution in [0, 0.1) is 25.2 Å². The van der Waals surface area contributed by atoms with Gasteiger partial charge in [-0.15, -0.1) is 0 Å². The molecule has 0 radical (unpaired) electrons. The molecule has 2 aromatic carbocycles. The highest BCUT2D eigenvalue weighted by molar-refractivity contribution is 6.43. The van der Waals surface area contributed by atoms with E-state index < -0.39 is 0 Å². The molecule has 0 bridgehead atoms. The number of hydrogen-bond donors (Lipinski definition) is 2. The molecule has 2 aromatic rings. The summed E-state index contributed by atoms with van der Waals surface area (Å²) < 4.78 is 5.23. The van der Waals surface area contributed by atoms with E-state index in [1.54, 1.807) is 31.4 Å². The van der Waals surface area contributed by atoms with Gasteiger partial charge in [-0.25, -0.2) is 4.99 Å². The third-order valence-corrected chi connectivity index (χ3v) is 3.76. The number of nitrogens with zero attached hydrogens (tertiary/aromatic N) is 3. The number of aliphatic imine (C=N–C) groups is 2. The summed E-state index contributed by atoms with van der Waals surface area (Å²) in [5.74, 6) is 0.459. The monoisotopic (exact) mass is 363 g/mol. The van der Waals surface area contributed by atoms with Gasteiger partial charge in [-0.3, -0.25) is 4.79 Å². The smallest absolute Gasteiger partial charge is 0.222 e. The first-order valence-electron chi connectivity index (χ1n) is 8.20. The molecule has 0 aliphatic carbocycles. The van der Waals surface area contributed by atoms with Crippen LogP contribution in [0.25, 0.3) is 0 Å².